The van der Waals surface area contributed by atoms with Crippen LogP contribution in [-0.4, -0.2) is 17.7 Å². The molecule has 0 fully saturated rings. The number of carbonyl (C=O) groups excluding carboxylic acids is 1. The number of esters is 1. The molecule has 0 spiro atoms. The molecule has 0 unspecified atom stereocenters. The Morgan fingerprint density at radius 1 is 1.45 bits per heavy atom. The highest BCUT2D eigenvalue weighted by molar-refractivity contribution is 8.14. The summed E-state index contributed by atoms with van der Waals surface area (Å²) in [7, 11) is 0. The van der Waals surface area contributed by atoms with Crippen molar-refractivity contribution < 1.29 is 9.53 Å². The molecule has 0 aliphatic carbocycles. The van der Waals surface area contributed by atoms with Crippen LogP contribution in [-0.2, 0) is 9.53 Å². The molecule has 1 aromatic carbocycles. The number of benzene rings is 1. The summed E-state index contributed by atoms with van der Waals surface area (Å²) in [5, 5.41) is 0.869. The summed E-state index contributed by atoms with van der Waals surface area (Å²) in [6, 6.07) is 7.34. The minimum absolute atomic E-state index is 0.219. The largest absolute Gasteiger partial charge is 0.463 e. The zero-order valence-corrected chi connectivity index (χ0v) is 12.8. The lowest BCUT2D eigenvalue weighted by molar-refractivity contribution is -0.138. The van der Waals surface area contributed by atoms with Crippen molar-refractivity contribution in [1.82, 2.24) is 0 Å². The molecule has 4 nitrogen and oxygen atoms in total. The first-order valence-electron chi connectivity index (χ1n) is 6.17. The van der Waals surface area contributed by atoms with Gasteiger partial charge in [-0.15, -0.1) is 0 Å². The topological polar surface area (TPSA) is 64.7 Å². The summed E-state index contributed by atoms with van der Waals surface area (Å²) >= 11 is 7.24. The highest BCUT2D eigenvalue weighted by atomic mass is 35.5. The van der Waals surface area contributed by atoms with Gasteiger partial charge in [0.1, 0.15) is 0 Å². The van der Waals surface area contributed by atoms with Crippen LogP contribution in [0.2, 0.25) is 5.02 Å². The van der Waals surface area contributed by atoms with Crippen molar-refractivity contribution in [2.75, 3.05) is 6.61 Å². The fourth-order valence-corrected chi connectivity index (χ4v) is 3.19. The van der Waals surface area contributed by atoms with Crippen molar-refractivity contribution >= 4 is 34.5 Å². The Hall–Kier alpha value is -1.46. The molecule has 0 bridgehead atoms. The Balaban J connectivity index is 2.42. The van der Waals surface area contributed by atoms with Crippen molar-refractivity contribution in [3.05, 3.63) is 46.1 Å². The standard InChI is InChI=1S/C14H15ClN2O2S/c1-3-19-13(18)11-8(2)17-14(16)20-12(11)9-4-6-10(15)7-5-9/h4-7,12H,3H2,1-2H3,(H2,16,17)/t12-/m0/s1. The fraction of sp³-hybridized carbons (Fsp3) is 0.286. The van der Waals surface area contributed by atoms with Gasteiger partial charge in [0.15, 0.2) is 5.17 Å². The quantitative estimate of drug-likeness (QED) is 0.870. The van der Waals surface area contributed by atoms with E-state index in [1.807, 2.05) is 12.1 Å². The number of hydrogen-bond acceptors (Lipinski definition) is 5. The summed E-state index contributed by atoms with van der Waals surface area (Å²) in [6.07, 6.45) is 0. The molecule has 6 heteroatoms. The Kier molecular flexibility index (Phi) is 4.73. The van der Waals surface area contributed by atoms with Gasteiger partial charge in [-0.3, -0.25) is 0 Å². The van der Waals surface area contributed by atoms with Gasteiger partial charge in [-0.2, -0.15) is 0 Å². The van der Waals surface area contributed by atoms with Gasteiger partial charge in [0.05, 0.1) is 23.1 Å². The average Bonchev–Trinajstić information content (AvgIpc) is 2.38. The van der Waals surface area contributed by atoms with Crippen LogP contribution in [0.3, 0.4) is 0 Å². The van der Waals surface area contributed by atoms with E-state index in [0.717, 1.165) is 5.56 Å². The third-order valence-corrected chi connectivity index (χ3v) is 4.16. The maximum Gasteiger partial charge on any atom is 0.337 e. The number of amidine groups is 1. The molecule has 20 heavy (non-hydrogen) atoms. The van der Waals surface area contributed by atoms with E-state index in [2.05, 4.69) is 4.99 Å². The van der Waals surface area contributed by atoms with Gasteiger partial charge in [0.2, 0.25) is 0 Å². The lowest BCUT2D eigenvalue weighted by Crippen LogP contribution is -2.22. The van der Waals surface area contributed by atoms with Crippen LogP contribution in [0.1, 0.15) is 24.7 Å². The number of rotatable bonds is 3. The van der Waals surface area contributed by atoms with Gasteiger partial charge in [-0.25, -0.2) is 9.79 Å². The minimum Gasteiger partial charge on any atom is -0.463 e. The molecule has 0 radical (unpaired) electrons. The number of nitrogens with two attached hydrogens (primary N) is 1. The van der Waals surface area contributed by atoms with E-state index in [1.165, 1.54) is 11.8 Å². The maximum atomic E-state index is 12.1. The lowest BCUT2D eigenvalue weighted by atomic mass is 10.0. The minimum atomic E-state index is -0.353. The summed E-state index contributed by atoms with van der Waals surface area (Å²) < 4.78 is 5.12. The first-order valence-corrected chi connectivity index (χ1v) is 7.43. The first kappa shape index (κ1) is 14.9. The van der Waals surface area contributed by atoms with Crippen LogP contribution in [0, 0.1) is 0 Å². The molecule has 1 atom stereocenters. The SMILES string of the molecule is CCOC(=O)C1=C(C)N=C(N)S[C@H]1c1ccc(Cl)cc1. The second-order valence-corrected chi connectivity index (χ2v) is 5.78. The van der Waals surface area contributed by atoms with E-state index in [-0.39, 0.29) is 11.2 Å². The second-order valence-electron chi connectivity index (χ2n) is 4.22. The van der Waals surface area contributed by atoms with Crippen LogP contribution in [0.15, 0.2) is 40.5 Å². The fourth-order valence-electron chi connectivity index (χ4n) is 1.96. The normalized spacial score (nSPS) is 18.8. The number of allylic oxidation sites excluding steroid dienone is 1. The van der Waals surface area contributed by atoms with Crippen molar-refractivity contribution in [1.29, 1.82) is 0 Å². The van der Waals surface area contributed by atoms with Gasteiger partial charge in [-0.1, -0.05) is 35.5 Å². The number of thioether (sulfide) groups is 1. The smallest absolute Gasteiger partial charge is 0.337 e. The molecular weight excluding hydrogens is 296 g/mol. The highest BCUT2D eigenvalue weighted by Gasteiger charge is 2.30. The molecule has 106 valence electrons. The number of ether oxygens (including phenoxy) is 1. The highest BCUT2D eigenvalue weighted by Crippen LogP contribution is 2.41. The molecule has 1 aromatic rings. The van der Waals surface area contributed by atoms with E-state index in [0.29, 0.717) is 28.1 Å². The van der Waals surface area contributed by atoms with E-state index in [4.69, 9.17) is 22.1 Å². The van der Waals surface area contributed by atoms with Crippen molar-refractivity contribution in [3.8, 4) is 0 Å². The number of nitrogens with zero attached hydrogens (tertiary/aromatic N) is 1. The molecule has 0 amide bonds. The Labute approximate surface area is 127 Å². The van der Waals surface area contributed by atoms with Crippen LogP contribution in [0.25, 0.3) is 0 Å². The number of aliphatic imine (C=N–C) groups is 1. The predicted molar refractivity (Wildman–Crippen MR) is 82.7 cm³/mol. The predicted octanol–water partition coefficient (Wildman–Crippen LogP) is 3.28. The zero-order valence-electron chi connectivity index (χ0n) is 11.2. The maximum absolute atomic E-state index is 12.1. The van der Waals surface area contributed by atoms with Gasteiger partial charge in [0.25, 0.3) is 0 Å². The molecule has 0 saturated heterocycles. The van der Waals surface area contributed by atoms with E-state index in [9.17, 15) is 4.79 Å². The summed E-state index contributed by atoms with van der Waals surface area (Å²) in [4.78, 5) is 16.3. The molecular formula is C14H15ClN2O2S. The molecule has 2 rings (SSSR count). The molecule has 1 aliphatic heterocycles. The Morgan fingerprint density at radius 2 is 2.10 bits per heavy atom. The zero-order chi connectivity index (χ0) is 14.7. The van der Waals surface area contributed by atoms with Crippen molar-refractivity contribution in [2.45, 2.75) is 19.1 Å². The van der Waals surface area contributed by atoms with E-state index in [1.54, 1.807) is 26.0 Å². The van der Waals surface area contributed by atoms with E-state index < -0.39 is 0 Å². The van der Waals surface area contributed by atoms with Crippen LogP contribution in [0.5, 0.6) is 0 Å². The summed E-state index contributed by atoms with van der Waals surface area (Å²) in [5.41, 5.74) is 7.90. The first-order chi connectivity index (χ1) is 9.52. The second kappa shape index (κ2) is 6.33. The van der Waals surface area contributed by atoms with E-state index >= 15 is 0 Å². The molecule has 0 aromatic heterocycles. The molecule has 1 heterocycles. The van der Waals surface area contributed by atoms with Gasteiger partial charge >= 0.3 is 5.97 Å². The van der Waals surface area contributed by atoms with Gasteiger partial charge < -0.3 is 10.5 Å². The van der Waals surface area contributed by atoms with Gasteiger partial charge in [0, 0.05) is 5.02 Å². The average molecular weight is 311 g/mol. The number of hydrogen-bond donors (Lipinski definition) is 1. The molecule has 1 aliphatic rings. The number of carbonyl (C=O) groups is 1. The van der Waals surface area contributed by atoms with Crippen molar-refractivity contribution in [3.63, 3.8) is 0 Å². The summed E-state index contributed by atoms with van der Waals surface area (Å²) in [5.74, 6) is -0.353. The third-order valence-electron chi connectivity index (χ3n) is 2.84. The number of halogens is 1. The van der Waals surface area contributed by atoms with Crippen molar-refractivity contribution in [2.24, 2.45) is 10.7 Å². The van der Waals surface area contributed by atoms with Crippen LogP contribution < -0.4 is 5.73 Å². The molecule has 0 saturated carbocycles. The monoisotopic (exact) mass is 310 g/mol. The van der Waals surface area contributed by atoms with Gasteiger partial charge in [-0.05, 0) is 31.5 Å². The third kappa shape index (κ3) is 3.16. The summed E-state index contributed by atoms with van der Waals surface area (Å²) in [6.45, 7) is 3.87. The van der Waals surface area contributed by atoms with Crippen LogP contribution >= 0.6 is 23.4 Å². The lowest BCUT2D eigenvalue weighted by Gasteiger charge is -2.23. The van der Waals surface area contributed by atoms with Crippen LogP contribution in [0.4, 0.5) is 0 Å². The Bertz CT molecular complexity index is 581. The molecule has 2 N–H and O–H groups in total. The Morgan fingerprint density at radius 3 is 2.70 bits per heavy atom.